The fourth-order valence-electron chi connectivity index (χ4n) is 1.93. The second-order valence-electron chi connectivity index (χ2n) is 4.77. The standard InChI is InChI=1S/C12H22N2O4/c1-4-8(2)10(11(15)16)13-12(17)14-5-6-18-7-9(14)3/h8-10H,4-7H2,1-3H3,(H,13,17)(H,15,16). The number of carboxylic acids is 1. The maximum absolute atomic E-state index is 12.0. The Kier molecular flexibility index (Phi) is 5.40. The van der Waals surface area contributed by atoms with Gasteiger partial charge in [0.1, 0.15) is 6.04 Å². The van der Waals surface area contributed by atoms with E-state index in [9.17, 15) is 9.59 Å². The topological polar surface area (TPSA) is 78.9 Å². The monoisotopic (exact) mass is 258 g/mol. The maximum Gasteiger partial charge on any atom is 0.326 e. The predicted molar refractivity (Wildman–Crippen MR) is 66.4 cm³/mol. The second kappa shape index (κ2) is 6.58. The molecule has 2 amide bonds. The van der Waals surface area contributed by atoms with Crippen molar-refractivity contribution in [3.8, 4) is 0 Å². The molecule has 104 valence electrons. The number of carbonyl (C=O) groups is 2. The molecule has 0 aliphatic carbocycles. The molecule has 0 saturated carbocycles. The highest BCUT2D eigenvalue weighted by Gasteiger charge is 2.30. The summed E-state index contributed by atoms with van der Waals surface area (Å²) in [6.07, 6.45) is 0.704. The summed E-state index contributed by atoms with van der Waals surface area (Å²) in [7, 11) is 0. The SMILES string of the molecule is CCC(C)C(NC(=O)N1CCOCC1C)C(=O)O. The summed E-state index contributed by atoms with van der Waals surface area (Å²) in [4.78, 5) is 24.8. The molecule has 6 heteroatoms. The molecule has 0 aromatic carbocycles. The number of carbonyl (C=O) groups excluding carboxylic acids is 1. The largest absolute Gasteiger partial charge is 0.480 e. The molecule has 1 fully saturated rings. The molecule has 18 heavy (non-hydrogen) atoms. The lowest BCUT2D eigenvalue weighted by atomic mass is 9.99. The van der Waals surface area contributed by atoms with E-state index in [0.717, 1.165) is 0 Å². The van der Waals surface area contributed by atoms with Gasteiger partial charge in [0.15, 0.2) is 0 Å². The van der Waals surface area contributed by atoms with Gasteiger partial charge in [-0.2, -0.15) is 0 Å². The van der Waals surface area contributed by atoms with E-state index in [0.29, 0.717) is 26.2 Å². The Morgan fingerprint density at radius 3 is 2.72 bits per heavy atom. The summed E-state index contributed by atoms with van der Waals surface area (Å²) in [5.74, 6) is -1.08. The molecule has 1 heterocycles. The Morgan fingerprint density at radius 1 is 1.56 bits per heavy atom. The Labute approximate surface area is 107 Å². The van der Waals surface area contributed by atoms with Crippen molar-refractivity contribution in [2.75, 3.05) is 19.8 Å². The average molecular weight is 258 g/mol. The van der Waals surface area contributed by atoms with Gasteiger partial charge in [0, 0.05) is 6.54 Å². The quantitative estimate of drug-likeness (QED) is 0.785. The summed E-state index contributed by atoms with van der Waals surface area (Å²) in [5, 5.41) is 11.7. The van der Waals surface area contributed by atoms with Gasteiger partial charge in [0.25, 0.3) is 0 Å². The van der Waals surface area contributed by atoms with Crippen molar-refractivity contribution in [2.24, 2.45) is 5.92 Å². The number of hydrogen-bond donors (Lipinski definition) is 2. The highest BCUT2D eigenvalue weighted by Crippen LogP contribution is 2.11. The second-order valence-corrected chi connectivity index (χ2v) is 4.77. The number of morpholine rings is 1. The molecule has 0 aromatic heterocycles. The van der Waals surface area contributed by atoms with Crippen LogP contribution in [0.4, 0.5) is 4.79 Å². The third-order valence-corrected chi connectivity index (χ3v) is 3.39. The molecular formula is C12H22N2O4. The molecule has 1 aliphatic rings. The van der Waals surface area contributed by atoms with Crippen molar-refractivity contribution in [1.29, 1.82) is 0 Å². The number of hydrogen-bond acceptors (Lipinski definition) is 3. The predicted octanol–water partition coefficient (Wildman–Crippen LogP) is 0.916. The molecule has 3 unspecified atom stereocenters. The van der Waals surface area contributed by atoms with E-state index >= 15 is 0 Å². The molecule has 1 saturated heterocycles. The number of amides is 2. The van der Waals surface area contributed by atoms with E-state index in [2.05, 4.69) is 5.32 Å². The van der Waals surface area contributed by atoms with E-state index in [1.54, 1.807) is 4.90 Å². The molecule has 0 aromatic rings. The molecule has 0 radical (unpaired) electrons. The fraction of sp³-hybridized carbons (Fsp3) is 0.833. The van der Waals surface area contributed by atoms with E-state index in [1.807, 2.05) is 20.8 Å². The molecular weight excluding hydrogens is 236 g/mol. The summed E-state index contributed by atoms with van der Waals surface area (Å²) >= 11 is 0. The van der Waals surface area contributed by atoms with Crippen LogP contribution in [0, 0.1) is 5.92 Å². The van der Waals surface area contributed by atoms with Gasteiger partial charge in [0.2, 0.25) is 0 Å². The molecule has 0 bridgehead atoms. The van der Waals surface area contributed by atoms with Crippen molar-refractivity contribution >= 4 is 12.0 Å². The van der Waals surface area contributed by atoms with Crippen LogP contribution in [-0.2, 0) is 9.53 Å². The lowest BCUT2D eigenvalue weighted by molar-refractivity contribution is -0.140. The van der Waals surface area contributed by atoms with Crippen molar-refractivity contribution in [2.45, 2.75) is 39.3 Å². The Bertz CT molecular complexity index is 308. The Hall–Kier alpha value is -1.30. The molecule has 1 aliphatic heterocycles. The molecule has 1 rings (SSSR count). The third kappa shape index (κ3) is 3.60. The maximum atomic E-state index is 12.0. The lowest BCUT2D eigenvalue weighted by Crippen LogP contribution is -2.56. The van der Waals surface area contributed by atoms with Crippen LogP contribution in [0.2, 0.25) is 0 Å². The first-order valence-electron chi connectivity index (χ1n) is 6.35. The van der Waals surface area contributed by atoms with Gasteiger partial charge in [-0.05, 0) is 12.8 Å². The van der Waals surface area contributed by atoms with Crippen LogP contribution in [0.15, 0.2) is 0 Å². The fourth-order valence-corrected chi connectivity index (χ4v) is 1.93. The lowest BCUT2D eigenvalue weighted by Gasteiger charge is -2.34. The van der Waals surface area contributed by atoms with Crippen LogP contribution >= 0.6 is 0 Å². The van der Waals surface area contributed by atoms with Gasteiger partial charge < -0.3 is 20.1 Å². The molecule has 0 spiro atoms. The van der Waals surface area contributed by atoms with Gasteiger partial charge in [0.05, 0.1) is 19.3 Å². The van der Waals surface area contributed by atoms with Gasteiger partial charge in [-0.1, -0.05) is 20.3 Å². The average Bonchev–Trinajstić information content (AvgIpc) is 2.35. The summed E-state index contributed by atoms with van der Waals surface area (Å²) in [5.41, 5.74) is 0. The minimum absolute atomic E-state index is 0.0230. The smallest absolute Gasteiger partial charge is 0.326 e. The molecule has 3 atom stereocenters. The van der Waals surface area contributed by atoms with Crippen LogP contribution in [-0.4, -0.2) is 53.8 Å². The van der Waals surface area contributed by atoms with Crippen LogP contribution in [0.1, 0.15) is 27.2 Å². The van der Waals surface area contributed by atoms with Gasteiger partial charge in [-0.15, -0.1) is 0 Å². The van der Waals surface area contributed by atoms with Gasteiger partial charge >= 0.3 is 12.0 Å². The molecule has 6 nitrogen and oxygen atoms in total. The van der Waals surface area contributed by atoms with E-state index < -0.39 is 12.0 Å². The number of nitrogens with one attached hydrogen (secondary N) is 1. The first-order valence-corrected chi connectivity index (χ1v) is 6.35. The van der Waals surface area contributed by atoms with Gasteiger partial charge in [-0.3, -0.25) is 0 Å². The Morgan fingerprint density at radius 2 is 2.22 bits per heavy atom. The zero-order valence-electron chi connectivity index (χ0n) is 11.2. The number of carboxylic acid groups (broad SMARTS) is 1. The van der Waals surface area contributed by atoms with Crippen LogP contribution in [0.5, 0.6) is 0 Å². The number of ether oxygens (including phenoxy) is 1. The van der Waals surface area contributed by atoms with Crippen molar-refractivity contribution in [1.82, 2.24) is 10.2 Å². The third-order valence-electron chi connectivity index (χ3n) is 3.39. The normalized spacial score (nSPS) is 23.3. The van der Waals surface area contributed by atoms with Crippen LogP contribution in [0.25, 0.3) is 0 Å². The minimum atomic E-state index is -0.987. The number of urea groups is 1. The Balaban J connectivity index is 2.63. The summed E-state index contributed by atoms with van der Waals surface area (Å²) < 4.78 is 5.25. The zero-order valence-corrected chi connectivity index (χ0v) is 11.2. The number of rotatable bonds is 4. The van der Waals surface area contributed by atoms with Crippen molar-refractivity contribution < 1.29 is 19.4 Å². The first kappa shape index (κ1) is 14.8. The first-order chi connectivity index (χ1) is 8.47. The minimum Gasteiger partial charge on any atom is -0.480 e. The number of aliphatic carboxylic acids is 1. The molecule has 2 N–H and O–H groups in total. The van der Waals surface area contributed by atoms with Crippen molar-refractivity contribution in [3.63, 3.8) is 0 Å². The van der Waals surface area contributed by atoms with E-state index in [-0.39, 0.29) is 18.0 Å². The van der Waals surface area contributed by atoms with E-state index in [1.165, 1.54) is 0 Å². The summed E-state index contributed by atoms with van der Waals surface area (Å²) in [6.45, 7) is 7.11. The number of nitrogens with zero attached hydrogens (tertiary/aromatic N) is 1. The highest BCUT2D eigenvalue weighted by atomic mass is 16.5. The van der Waals surface area contributed by atoms with Crippen LogP contribution < -0.4 is 5.32 Å². The highest BCUT2D eigenvalue weighted by molar-refractivity contribution is 5.83. The van der Waals surface area contributed by atoms with Crippen molar-refractivity contribution in [3.05, 3.63) is 0 Å². The van der Waals surface area contributed by atoms with Crippen LogP contribution in [0.3, 0.4) is 0 Å². The van der Waals surface area contributed by atoms with Gasteiger partial charge in [-0.25, -0.2) is 9.59 Å². The summed E-state index contributed by atoms with van der Waals surface area (Å²) in [6, 6.07) is -1.18. The zero-order chi connectivity index (χ0) is 13.7. The van der Waals surface area contributed by atoms with E-state index in [4.69, 9.17) is 9.84 Å².